The van der Waals surface area contributed by atoms with Crippen LogP contribution in [0, 0.1) is 0 Å². The highest BCUT2D eigenvalue weighted by Crippen LogP contribution is 2.01. The summed E-state index contributed by atoms with van der Waals surface area (Å²) in [6.45, 7) is 9.00. The van der Waals surface area contributed by atoms with Gasteiger partial charge in [-0.15, -0.1) is 0 Å². The molecule has 9 heavy (non-hydrogen) atoms. The molecular formula is C6H18OSi2. The molecule has 0 heterocycles. The van der Waals surface area contributed by atoms with Gasteiger partial charge >= 0.3 is 0 Å². The number of rotatable bonds is 4. The van der Waals surface area contributed by atoms with Crippen LogP contribution in [-0.4, -0.2) is 19.5 Å². The van der Waals surface area contributed by atoms with E-state index in [1.54, 1.807) is 0 Å². The monoisotopic (exact) mass is 162 g/mol. The van der Waals surface area contributed by atoms with E-state index in [-0.39, 0.29) is 19.5 Å². The summed E-state index contributed by atoms with van der Waals surface area (Å²) in [6.07, 6.45) is 0. The third kappa shape index (κ3) is 8.39. The Bertz CT molecular complexity index is 56.1. The van der Waals surface area contributed by atoms with Crippen molar-refractivity contribution in [2.75, 3.05) is 0 Å². The van der Waals surface area contributed by atoms with Gasteiger partial charge in [-0.2, -0.15) is 0 Å². The van der Waals surface area contributed by atoms with Gasteiger partial charge < -0.3 is 4.12 Å². The normalized spacial score (nSPS) is 14.0. The van der Waals surface area contributed by atoms with Crippen LogP contribution in [0.2, 0.25) is 11.1 Å². The zero-order chi connectivity index (χ0) is 7.28. The molecule has 0 radical (unpaired) electrons. The van der Waals surface area contributed by atoms with Crippen molar-refractivity contribution in [3.8, 4) is 0 Å². The maximum absolute atomic E-state index is 5.63. The van der Waals surface area contributed by atoms with Crippen LogP contribution in [0.5, 0.6) is 0 Å². The van der Waals surface area contributed by atoms with Crippen molar-refractivity contribution in [3.63, 3.8) is 0 Å². The molecule has 0 rings (SSSR count). The lowest BCUT2D eigenvalue weighted by Gasteiger charge is -2.07. The molecule has 0 aliphatic heterocycles. The molecule has 0 fully saturated rings. The van der Waals surface area contributed by atoms with Crippen LogP contribution < -0.4 is 0 Å². The Morgan fingerprint density at radius 1 is 0.889 bits per heavy atom. The highest BCUT2D eigenvalue weighted by Gasteiger charge is 1.97. The van der Waals surface area contributed by atoms with Gasteiger partial charge in [0, 0.05) is 0 Å². The molecule has 0 unspecified atom stereocenters. The summed E-state index contributed by atoms with van der Waals surface area (Å²) in [5.41, 5.74) is 1.69. The van der Waals surface area contributed by atoms with Gasteiger partial charge in [0.2, 0.25) is 0 Å². The molecule has 0 aromatic carbocycles. The highest BCUT2D eigenvalue weighted by molar-refractivity contribution is 6.44. The average molecular weight is 162 g/mol. The fourth-order valence-corrected chi connectivity index (χ4v) is 4.86. The van der Waals surface area contributed by atoms with E-state index in [0.29, 0.717) is 0 Å². The molecule has 3 heteroatoms. The summed E-state index contributed by atoms with van der Waals surface area (Å²) in [4.78, 5) is 0. The molecule has 0 aliphatic rings. The Morgan fingerprint density at radius 3 is 1.44 bits per heavy atom. The molecule has 0 bridgehead atoms. The van der Waals surface area contributed by atoms with Crippen LogP contribution in [0.4, 0.5) is 0 Å². The predicted octanol–water partition coefficient (Wildman–Crippen LogP) is 0.827. The molecule has 0 saturated carbocycles. The van der Waals surface area contributed by atoms with Gasteiger partial charge in [-0.1, -0.05) is 27.7 Å². The fraction of sp³-hybridized carbons (Fsp3) is 1.00. The van der Waals surface area contributed by atoms with Crippen molar-refractivity contribution >= 4 is 19.5 Å². The zero-order valence-corrected chi connectivity index (χ0v) is 9.81. The molecule has 0 amide bonds. The van der Waals surface area contributed by atoms with E-state index in [9.17, 15) is 0 Å². The molecule has 0 atom stereocenters. The second kappa shape index (κ2) is 5.20. The van der Waals surface area contributed by atoms with Crippen molar-refractivity contribution in [1.29, 1.82) is 0 Å². The van der Waals surface area contributed by atoms with Gasteiger partial charge in [0.1, 0.15) is 19.5 Å². The van der Waals surface area contributed by atoms with E-state index in [1.165, 1.54) is 0 Å². The largest absolute Gasteiger partial charge is 0.465 e. The minimum atomic E-state index is -0.135. The highest BCUT2D eigenvalue weighted by atomic mass is 28.3. The lowest BCUT2D eigenvalue weighted by molar-refractivity contribution is 0.607. The number of hydrogen-bond acceptors (Lipinski definition) is 1. The molecular weight excluding hydrogens is 144 g/mol. The maximum Gasteiger partial charge on any atom is 0.148 e. The smallest absolute Gasteiger partial charge is 0.148 e. The van der Waals surface area contributed by atoms with Gasteiger partial charge in [-0.3, -0.25) is 0 Å². The van der Waals surface area contributed by atoms with Crippen molar-refractivity contribution < 1.29 is 4.12 Å². The summed E-state index contributed by atoms with van der Waals surface area (Å²) in [7, 11) is -0.270. The minimum Gasteiger partial charge on any atom is -0.465 e. The first kappa shape index (κ1) is 9.39. The van der Waals surface area contributed by atoms with Crippen LogP contribution in [0.25, 0.3) is 0 Å². The van der Waals surface area contributed by atoms with Crippen LogP contribution in [0.15, 0.2) is 0 Å². The van der Waals surface area contributed by atoms with E-state index in [0.717, 1.165) is 11.1 Å². The van der Waals surface area contributed by atoms with Crippen LogP contribution in [-0.2, 0) is 4.12 Å². The molecule has 0 spiro atoms. The predicted molar refractivity (Wildman–Crippen MR) is 48.4 cm³/mol. The van der Waals surface area contributed by atoms with E-state index in [2.05, 4.69) is 27.7 Å². The molecule has 56 valence electrons. The summed E-state index contributed by atoms with van der Waals surface area (Å²) in [6, 6.07) is 0. The Labute approximate surface area is 63.1 Å². The van der Waals surface area contributed by atoms with E-state index < -0.39 is 0 Å². The third-order valence-electron chi connectivity index (χ3n) is 0.902. The minimum absolute atomic E-state index is 0.135. The summed E-state index contributed by atoms with van der Waals surface area (Å²) in [5, 5.41) is 0. The second-order valence-electron chi connectivity index (χ2n) is 3.33. The zero-order valence-electron chi connectivity index (χ0n) is 6.98. The third-order valence-corrected chi connectivity index (χ3v) is 4.12. The first-order valence-corrected chi connectivity index (χ1v) is 6.49. The summed E-state index contributed by atoms with van der Waals surface area (Å²) < 4.78 is 5.63. The van der Waals surface area contributed by atoms with Gasteiger partial charge in [-0.25, -0.2) is 0 Å². The Kier molecular flexibility index (Phi) is 5.43. The van der Waals surface area contributed by atoms with E-state index >= 15 is 0 Å². The Balaban J connectivity index is 2.91. The second-order valence-corrected chi connectivity index (χ2v) is 8.89. The fourth-order valence-electron chi connectivity index (χ4n) is 0.539. The molecule has 0 N–H and O–H groups in total. The SMILES string of the molecule is CC(C)[SiH2]O[SiH2]C(C)C. The van der Waals surface area contributed by atoms with Crippen molar-refractivity contribution in [1.82, 2.24) is 0 Å². The van der Waals surface area contributed by atoms with E-state index in [4.69, 9.17) is 4.12 Å². The van der Waals surface area contributed by atoms with Gasteiger partial charge in [-0.05, 0) is 11.1 Å². The Morgan fingerprint density at radius 2 is 1.22 bits per heavy atom. The lowest BCUT2D eigenvalue weighted by atomic mass is 10.6. The molecule has 0 aromatic rings. The summed E-state index contributed by atoms with van der Waals surface area (Å²) >= 11 is 0. The number of hydrogen-bond donors (Lipinski definition) is 0. The first-order valence-electron chi connectivity index (χ1n) is 3.70. The van der Waals surface area contributed by atoms with Crippen LogP contribution in [0.1, 0.15) is 27.7 Å². The van der Waals surface area contributed by atoms with Crippen LogP contribution >= 0.6 is 0 Å². The molecule has 0 aliphatic carbocycles. The van der Waals surface area contributed by atoms with Crippen molar-refractivity contribution in [2.24, 2.45) is 0 Å². The summed E-state index contributed by atoms with van der Waals surface area (Å²) in [5.74, 6) is 0. The molecule has 1 nitrogen and oxygen atoms in total. The molecule has 0 aromatic heterocycles. The quantitative estimate of drug-likeness (QED) is 0.556. The first-order chi connectivity index (χ1) is 4.13. The molecule has 0 saturated heterocycles. The van der Waals surface area contributed by atoms with Crippen LogP contribution in [0.3, 0.4) is 0 Å². The van der Waals surface area contributed by atoms with E-state index in [1.807, 2.05) is 0 Å². The standard InChI is InChI=1S/C6H18OSi2/c1-5(2)8-7-9-6(3)4/h5-6H,8-9H2,1-4H3. The van der Waals surface area contributed by atoms with Gasteiger partial charge in [0.25, 0.3) is 0 Å². The average Bonchev–Trinajstić information content (AvgIpc) is 1.63. The lowest BCUT2D eigenvalue weighted by Crippen LogP contribution is -2.08. The Hall–Kier alpha value is 0.394. The van der Waals surface area contributed by atoms with Crippen molar-refractivity contribution in [3.05, 3.63) is 0 Å². The maximum atomic E-state index is 5.63. The topological polar surface area (TPSA) is 9.23 Å². The van der Waals surface area contributed by atoms with Gasteiger partial charge in [0.15, 0.2) is 0 Å². The van der Waals surface area contributed by atoms with Crippen molar-refractivity contribution in [2.45, 2.75) is 38.8 Å². The van der Waals surface area contributed by atoms with Gasteiger partial charge in [0.05, 0.1) is 0 Å².